The minimum Gasteiger partial charge on any atom is -0.496 e. The molecule has 24 heavy (non-hydrogen) atoms. The van der Waals surface area contributed by atoms with Crippen LogP contribution in [0.15, 0.2) is 46.8 Å². The zero-order valence-electron chi connectivity index (χ0n) is 12.7. The molecule has 122 valence electrons. The van der Waals surface area contributed by atoms with E-state index in [1.54, 1.807) is 18.2 Å². The number of nitrogens with zero attached hydrogens (tertiary/aromatic N) is 1. The molecule has 0 spiro atoms. The summed E-state index contributed by atoms with van der Waals surface area (Å²) in [6, 6.07) is 9.57. The Kier molecular flexibility index (Phi) is 4.18. The van der Waals surface area contributed by atoms with Crippen LogP contribution in [0.2, 0.25) is 0 Å². The van der Waals surface area contributed by atoms with Crippen molar-refractivity contribution < 1.29 is 13.9 Å². The Morgan fingerprint density at radius 1 is 1.17 bits per heavy atom. The zero-order chi connectivity index (χ0) is 17.3. The van der Waals surface area contributed by atoms with Gasteiger partial charge in [-0.25, -0.2) is 4.39 Å². The standard InChI is InChI=1S/C17H14FN3O2S/c1-23-14-7-10(18)3-4-11(14)13-8-24-15-5-2-9(6-12(13)15)16(22)21-17(19)20/h2-8H,1H3,(H4,19,20,21,22). The van der Waals surface area contributed by atoms with Gasteiger partial charge < -0.3 is 16.2 Å². The van der Waals surface area contributed by atoms with E-state index in [1.165, 1.54) is 30.6 Å². The smallest absolute Gasteiger partial charge is 0.280 e. The van der Waals surface area contributed by atoms with Crippen LogP contribution in [0.3, 0.4) is 0 Å². The van der Waals surface area contributed by atoms with Gasteiger partial charge in [0.15, 0.2) is 5.96 Å². The van der Waals surface area contributed by atoms with Crippen molar-refractivity contribution in [1.29, 1.82) is 0 Å². The lowest BCUT2D eigenvalue weighted by Crippen LogP contribution is -2.24. The lowest BCUT2D eigenvalue weighted by Gasteiger charge is -2.08. The Morgan fingerprint density at radius 2 is 1.96 bits per heavy atom. The molecule has 3 aromatic rings. The Morgan fingerprint density at radius 3 is 2.67 bits per heavy atom. The Bertz CT molecular complexity index is 962. The number of hydrogen-bond donors (Lipinski definition) is 2. The number of carbonyl (C=O) groups is 1. The molecule has 0 aliphatic carbocycles. The maximum absolute atomic E-state index is 13.4. The van der Waals surface area contributed by atoms with Gasteiger partial charge in [0, 0.05) is 32.8 Å². The van der Waals surface area contributed by atoms with E-state index in [0.717, 1.165) is 21.2 Å². The zero-order valence-corrected chi connectivity index (χ0v) is 13.6. The number of hydrogen-bond acceptors (Lipinski definition) is 3. The number of rotatable bonds is 3. The van der Waals surface area contributed by atoms with E-state index in [1.807, 2.05) is 11.4 Å². The number of methoxy groups -OCH3 is 1. The van der Waals surface area contributed by atoms with Gasteiger partial charge in [0.1, 0.15) is 11.6 Å². The predicted molar refractivity (Wildman–Crippen MR) is 93.9 cm³/mol. The van der Waals surface area contributed by atoms with E-state index in [-0.39, 0.29) is 11.8 Å². The maximum Gasteiger partial charge on any atom is 0.280 e. The topological polar surface area (TPSA) is 90.7 Å². The van der Waals surface area contributed by atoms with Crippen molar-refractivity contribution in [1.82, 2.24) is 0 Å². The molecule has 1 amide bonds. The quantitative estimate of drug-likeness (QED) is 0.565. The fourth-order valence-corrected chi connectivity index (χ4v) is 3.38. The van der Waals surface area contributed by atoms with E-state index in [2.05, 4.69) is 4.99 Å². The largest absolute Gasteiger partial charge is 0.496 e. The summed E-state index contributed by atoms with van der Waals surface area (Å²) in [4.78, 5) is 15.6. The second-order valence-electron chi connectivity index (χ2n) is 5.05. The van der Waals surface area contributed by atoms with Gasteiger partial charge >= 0.3 is 0 Å². The molecular weight excluding hydrogens is 329 g/mol. The average Bonchev–Trinajstić information content (AvgIpc) is 2.97. The molecular formula is C17H14FN3O2S. The maximum atomic E-state index is 13.4. The number of halogens is 1. The normalized spacial score (nSPS) is 10.6. The number of fused-ring (bicyclic) bond motifs is 1. The molecule has 7 heteroatoms. The van der Waals surface area contributed by atoms with Gasteiger partial charge in [-0.05, 0) is 35.7 Å². The van der Waals surface area contributed by atoms with E-state index < -0.39 is 5.91 Å². The molecule has 4 N–H and O–H groups in total. The molecule has 0 saturated heterocycles. The Labute approximate surface area is 141 Å². The third kappa shape index (κ3) is 2.93. The Balaban J connectivity index is 2.16. The van der Waals surface area contributed by atoms with Crippen LogP contribution in [0.25, 0.3) is 21.2 Å². The summed E-state index contributed by atoms with van der Waals surface area (Å²) in [6.45, 7) is 0. The number of guanidine groups is 1. The molecule has 0 atom stereocenters. The van der Waals surface area contributed by atoms with Gasteiger partial charge in [-0.2, -0.15) is 4.99 Å². The third-order valence-corrected chi connectivity index (χ3v) is 4.47. The predicted octanol–water partition coefficient (Wildman–Crippen LogP) is 3.13. The number of thiophene rings is 1. The van der Waals surface area contributed by atoms with Gasteiger partial charge in [0.2, 0.25) is 0 Å². The van der Waals surface area contributed by atoms with Gasteiger partial charge in [-0.15, -0.1) is 11.3 Å². The summed E-state index contributed by atoms with van der Waals surface area (Å²) in [6.07, 6.45) is 0. The van der Waals surface area contributed by atoms with Crippen LogP contribution in [-0.4, -0.2) is 19.0 Å². The number of benzene rings is 2. The molecule has 0 radical (unpaired) electrons. The number of aliphatic imine (C=N–C) groups is 1. The van der Waals surface area contributed by atoms with Crippen LogP contribution in [0.4, 0.5) is 4.39 Å². The van der Waals surface area contributed by atoms with Crippen molar-refractivity contribution >= 4 is 33.3 Å². The molecule has 0 aliphatic rings. The lowest BCUT2D eigenvalue weighted by atomic mass is 10.0. The minimum atomic E-state index is -0.514. The summed E-state index contributed by atoms with van der Waals surface area (Å²) in [5, 5.41) is 2.79. The fourth-order valence-electron chi connectivity index (χ4n) is 2.44. The third-order valence-electron chi connectivity index (χ3n) is 3.50. The minimum absolute atomic E-state index is 0.286. The highest BCUT2D eigenvalue weighted by Gasteiger charge is 2.14. The molecule has 0 bridgehead atoms. The first kappa shape index (κ1) is 15.9. The summed E-state index contributed by atoms with van der Waals surface area (Å²) in [5.74, 6) is -0.750. The summed E-state index contributed by atoms with van der Waals surface area (Å²) in [5.41, 5.74) is 12.5. The van der Waals surface area contributed by atoms with Crippen molar-refractivity contribution in [3.63, 3.8) is 0 Å². The molecule has 3 rings (SSSR count). The molecule has 0 aliphatic heterocycles. The fraction of sp³-hybridized carbons (Fsp3) is 0.0588. The van der Waals surface area contributed by atoms with Crippen LogP contribution >= 0.6 is 11.3 Å². The number of ether oxygens (including phenoxy) is 1. The first-order valence-electron chi connectivity index (χ1n) is 6.98. The second kappa shape index (κ2) is 6.29. The van der Waals surface area contributed by atoms with Crippen molar-refractivity contribution in [2.24, 2.45) is 16.5 Å². The summed E-state index contributed by atoms with van der Waals surface area (Å²) >= 11 is 1.52. The van der Waals surface area contributed by atoms with E-state index in [4.69, 9.17) is 16.2 Å². The van der Waals surface area contributed by atoms with Gasteiger partial charge in [-0.1, -0.05) is 0 Å². The van der Waals surface area contributed by atoms with Crippen LogP contribution in [0.5, 0.6) is 5.75 Å². The van der Waals surface area contributed by atoms with Crippen LogP contribution < -0.4 is 16.2 Å². The van der Waals surface area contributed by atoms with Crippen molar-refractivity contribution in [3.05, 3.63) is 53.2 Å². The van der Waals surface area contributed by atoms with E-state index in [0.29, 0.717) is 11.3 Å². The highest BCUT2D eigenvalue weighted by atomic mass is 32.1. The first-order chi connectivity index (χ1) is 11.5. The second-order valence-corrected chi connectivity index (χ2v) is 5.96. The molecule has 5 nitrogen and oxygen atoms in total. The number of amides is 1. The average molecular weight is 343 g/mol. The van der Waals surface area contributed by atoms with Crippen LogP contribution in [0.1, 0.15) is 10.4 Å². The number of carbonyl (C=O) groups excluding carboxylic acids is 1. The summed E-state index contributed by atoms with van der Waals surface area (Å²) < 4.78 is 19.7. The van der Waals surface area contributed by atoms with Gasteiger partial charge in [-0.3, -0.25) is 4.79 Å². The van der Waals surface area contributed by atoms with Gasteiger partial charge in [0.25, 0.3) is 5.91 Å². The number of nitrogens with two attached hydrogens (primary N) is 2. The van der Waals surface area contributed by atoms with E-state index in [9.17, 15) is 9.18 Å². The summed E-state index contributed by atoms with van der Waals surface area (Å²) in [7, 11) is 1.49. The Hall–Kier alpha value is -2.93. The SMILES string of the molecule is COc1cc(F)ccc1-c1csc2ccc(C(=O)N=C(N)N)cc12. The van der Waals surface area contributed by atoms with Gasteiger partial charge in [0.05, 0.1) is 7.11 Å². The monoisotopic (exact) mass is 343 g/mol. The molecule has 0 saturated carbocycles. The lowest BCUT2D eigenvalue weighted by molar-refractivity contribution is 0.100. The highest BCUT2D eigenvalue weighted by molar-refractivity contribution is 7.17. The first-order valence-corrected chi connectivity index (χ1v) is 7.86. The molecule has 1 aromatic heterocycles. The van der Waals surface area contributed by atoms with Crippen LogP contribution in [0, 0.1) is 5.82 Å². The van der Waals surface area contributed by atoms with Crippen LogP contribution in [-0.2, 0) is 0 Å². The van der Waals surface area contributed by atoms with Crippen molar-refractivity contribution in [3.8, 4) is 16.9 Å². The van der Waals surface area contributed by atoms with E-state index >= 15 is 0 Å². The highest BCUT2D eigenvalue weighted by Crippen LogP contribution is 2.39. The molecule has 2 aromatic carbocycles. The van der Waals surface area contributed by atoms with Crippen molar-refractivity contribution in [2.45, 2.75) is 0 Å². The van der Waals surface area contributed by atoms with Crippen molar-refractivity contribution in [2.75, 3.05) is 7.11 Å². The molecule has 0 fully saturated rings. The molecule has 1 heterocycles. The molecule has 0 unspecified atom stereocenters.